The van der Waals surface area contributed by atoms with Crippen LogP contribution in [0.4, 0.5) is 17.1 Å². The number of ether oxygens (including phenoxy) is 1. The van der Waals surface area contributed by atoms with Gasteiger partial charge in [-0.1, -0.05) is 25.4 Å². The van der Waals surface area contributed by atoms with Crippen LogP contribution in [-0.4, -0.2) is 37.1 Å². The highest BCUT2D eigenvalue weighted by Gasteiger charge is 2.24. The average molecular weight is 328 g/mol. The molecule has 1 saturated heterocycles. The molecule has 2 rings (SSSR count). The van der Waals surface area contributed by atoms with Crippen LogP contribution in [0.3, 0.4) is 0 Å². The number of anilines is 2. The molecule has 0 unspecified atom stereocenters. The van der Waals surface area contributed by atoms with E-state index in [-0.39, 0.29) is 22.5 Å². The highest BCUT2D eigenvalue weighted by atomic mass is 35.5. The van der Waals surface area contributed by atoms with Crippen molar-refractivity contribution in [3.8, 4) is 0 Å². The van der Waals surface area contributed by atoms with Crippen LogP contribution in [0, 0.1) is 16.0 Å². The summed E-state index contributed by atoms with van der Waals surface area (Å²) in [7, 11) is 0. The SMILES string of the molecule is CC(C)C(=O)Nc1cc(N2CCOCC2)c([N+](=O)[O-])cc1Cl. The molecule has 8 heteroatoms. The van der Waals surface area contributed by atoms with Crippen molar-refractivity contribution in [3.63, 3.8) is 0 Å². The predicted molar refractivity (Wildman–Crippen MR) is 84.6 cm³/mol. The van der Waals surface area contributed by atoms with E-state index in [2.05, 4.69) is 5.32 Å². The van der Waals surface area contributed by atoms with Gasteiger partial charge in [-0.3, -0.25) is 14.9 Å². The van der Waals surface area contributed by atoms with Crippen LogP contribution < -0.4 is 10.2 Å². The monoisotopic (exact) mass is 327 g/mol. The van der Waals surface area contributed by atoms with Gasteiger partial charge in [0, 0.05) is 25.1 Å². The number of nitro groups is 1. The first-order chi connectivity index (χ1) is 10.4. The quantitative estimate of drug-likeness (QED) is 0.679. The molecule has 1 heterocycles. The second-order valence-electron chi connectivity index (χ2n) is 5.32. The molecule has 1 aromatic carbocycles. The molecule has 22 heavy (non-hydrogen) atoms. The van der Waals surface area contributed by atoms with E-state index in [1.54, 1.807) is 19.9 Å². The molecular formula is C14H18ClN3O4. The zero-order chi connectivity index (χ0) is 16.3. The average Bonchev–Trinajstić information content (AvgIpc) is 2.49. The molecule has 1 N–H and O–H groups in total. The van der Waals surface area contributed by atoms with E-state index in [4.69, 9.17) is 16.3 Å². The molecule has 0 radical (unpaired) electrons. The lowest BCUT2D eigenvalue weighted by Gasteiger charge is -2.29. The smallest absolute Gasteiger partial charge is 0.294 e. The number of hydrogen-bond acceptors (Lipinski definition) is 5. The molecule has 120 valence electrons. The summed E-state index contributed by atoms with van der Waals surface area (Å²) >= 11 is 6.07. The Morgan fingerprint density at radius 2 is 2.05 bits per heavy atom. The van der Waals surface area contributed by atoms with Crippen molar-refractivity contribution in [1.29, 1.82) is 0 Å². The van der Waals surface area contributed by atoms with E-state index in [1.165, 1.54) is 6.07 Å². The van der Waals surface area contributed by atoms with Crippen molar-refractivity contribution in [2.24, 2.45) is 5.92 Å². The molecule has 7 nitrogen and oxygen atoms in total. The van der Waals surface area contributed by atoms with Gasteiger partial charge >= 0.3 is 0 Å². The highest BCUT2D eigenvalue weighted by molar-refractivity contribution is 6.34. The van der Waals surface area contributed by atoms with Crippen LogP contribution in [-0.2, 0) is 9.53 Å². The topological polar surface area (TPSA) is 84.7 Å². The largest absolute Gasteiger partial charge is 0.378 e. The summed E-state index contributed by atoms with van der Waals surface area (Å²) < 4.78 is 5.26. The maximum absolute atomic E-state index is 11.8. The number of rotatable bonds is 4. The van der Waals surface area contributed by atoms with Gasteiger partial charge in [0.2, 0.25) is 5.91 Å². The normalized spacial score (nSPS) is 15.0. The van der Waals surface area contributed by atoms with E-state index in [0.29, 0.717) is 37.7 Å². The number of halogens is 1. The standard InChI is InChI=1S/C14H18ClN3O4/c1-9(2)14(19)16-11-8-12(17-3-5-22-6-4-17)13(18(20)21)7-10(11)15/h7-9H,3-6H2,1-2H3,(H,16,19). The molecular weight excluding hydrogens is 310 g/mol. The summed E-state index contributed by atoms with van der Waals surface area (Å²) in [6.07, 6.45) is 0. The Bertz CT molecular complexity index is 586. The molecule has 1 amide bonds. The third kappa shape index (κ3) is 3.66. The molecule has 1 aliphatic rings. The lowest BCUT2D eigenvalue weighted by atomic mass is 10.1. The van der Waals surface area contributed by atoms with Crippen LogP contribution in [0.25, 0.3) is 0 Å². The van der Waals surface area contributed by atoms with Crippen LogP contribution in [0.5, 0.6) is 0 Å². The molecule has 1 aliphatic heterocycles. The number of hydrogen-bond donors (Lipinski definition) is 1. The van der Waals surface area contributed by atoms with Crippen LogP contribution >= 0.6 is 11.6 Å². The number of nitro benzene ring substituents is 1. The van der Waals surface area contributed by atoms with Gasteiger partial charge in [-0.05, 0) is 6.07 Å². The fourth-order valence-electron chi connectivity index (χ4n) is 2.13. The van der Waals surface area contributed by atoms with Crippen molar-refractivity contribution < 1.29 is 14.5 Å². The lowest BCUT2D eigenvalue weighted by Crippen LogP contribution is -2.36. The number of morpholine rings is 1. The Labute approximate surface area is 133 Å². The van der Waals surface area contributed by atoms with Gasteiger partial charge < -0.3 is 15.0 Å². The fraction of sp³-hybridized carbons (Fsp3) is 0.500. The highest BCUT2D eigenvalue weighted by Crippen LogP contribution is 2.37. The van der Waals surface area contributed by atoms with Gasteiger partial charge in [-0.15, -0.1) is 0 Å². The fourth-order valence-corrected chi connectivity index (χ4v) is 2.33. The molecule has 0 aromatic heterocycles. The van der Waals surface area contributed by atoms with Gasteiger partial charge in [0.1, 0.15) is 5.69 Å². The van der Waals surface area contributed by atoms with Gasteiger partial charge in [0.15, 0.2) is 0 Å². The first-order valence-corrected chi connectivity index (χ1v) is 7.39. The minimum atomic E-state index is -0.468. The second-order valence-corrected chi connectivity index (χ2v) is 5.73. The molecule has 0 saturated carbocycles. The van der Waals surface area contributed by atoms with Crippen molar-refractivity contribution in [1.82, 2.24) is 0 Å². The molecule has 0 bridgehead atoms. The molecule has 0 atom stereocenters. The number of carbonyl (C=O) groups is 1. The number of nitrogens with one attached hydrogen (secondary N) is 1. The number of carbonyl (C=O) groups excluding carboxylic acids is 1. The molecule has 0 spiro atoms. The van der Waals surface area contributed by atoms with Crippen molar-refractivity contribution >= 4 is 34.6 Å². The Balaban J connectivity index is 2.39. The van der Waals surface area contributed by atoms with Crippen molar-refractivity contribution in [2.75, 3.05) is 36.5 Å². The van der Waals surface area contributed by atoms with Gasteiger partial charge in [-0.25, -0.2) is 0 Å². The van der Waals surface area contributed by atoms with Crippen LogP contribution in [0.2, 0.25) is 5.02 Å². The van der Waals surface area contributed by atoms with Crippen molar-refractivity contribution in [3.05, 3.63) is 27.3 Å². The van der Waals surface area contributed by atoms with E-state index in [0.717, 1.165) is 0 Å². The Hall–Kier alpha value is -1.86. The summed E-state index contributed by atoms with van der Waals surface area (Å²) in [5.74, 6) is -0.401. The Kier molecular flexibility index (Phi) is 5.20. The third-order valence-electron chi connectivity index (χ3n) is 3.39. The van der Waals surface area contributed by atoms with Gasteiger partial charge in [0.05, 0.1) is 28.8 Å². The number of benzene rings is 1. The van der Waals surface area contributed by atoms with Crippen LogP contribution in [0.1, 0.15) is 13.8 Å². The van der Waals surface area contributed by atoms with Gasteiger partial charge in [-0.2, -0.15) is 0 Å². The lowest BCUT2D eigenvalue weighted by molar-refractivity contribution is -0.384. The molecule has 0 aliphatic carbocycles. The van der Waals surface area contributed by atoms with Gasteiger partial charge in [0.25, 0.3) is 5.69 Å². The zero-order valence-corrected chi connectivity index (χ0v) is 13.2. The summed E-state index contributed by atoms with van der Waals surface area (Å²) in [6.45, 7) is 5.65. The van der Waals surface area contributed by atoms with E-state index in [1.807, 2.05) is 4.90 Å². The maximum atomic E-state index is 11.8. The van der Waals surface area contributed by atoms with E-state index >= 15 is 0 Å². The summed E-state index contributed by atoms with van der Waals surface area (Å²) in [4.78, 5) is 24.5. The second kappa shape index (κ2) is 6.93. The number of nitrogens with zero attached hydrogens (tertiary/aromatic N) is 2. The van der Waals surface area contributed by atoms with Crippen LogP contribution in [0.15, 0.2) is 12.1 Å². The summed E-state index contributed by atoms with van der Waals surface area (Å²) in [6, 6.07) is 2.84. The predicted octanol–water partition coefficient (Wildman–Crippen LogP) is 2.68. The molecule has 1 aromatic rings. The van der Waals surface area contributed by atoms with Crippen molar-refractivity contribution in [2.45, 2.75) is 13.8 Å². The summed E-state index contributed by atoms with van der Waals surface area (Å²) in [5.41, 5.74) is 0.749. The number of amides is 1. The Morgan fingerprint density at radius 1 is 1.41 bits per heavy atom. The summed E-state index contributed by atoms with van der Waals surface area (Å²) in [5, 5.41) is 14.1. The Morgan fingerprint density at radius 3 is 2.59 bits per heavy atom. The minimum absolute atomic E-state index is 0.0746. The third-order valence-corrected chi connectivity index (χ3v) is 3.71. The first kappa shape index (κ1) is 16.5. The van der Waals surface area contributed by atoms with E-state index < -0.39 is 4.92 Å². The minimum Gasteiger partial charge on any atom is -0.378 e. The zero-order valence-electron chi connectivity index (χ0n) is 12.5. The first-order valence-electron chi connectivity index (χ1n) is 7.01. The van der Waals surface area contributed by atoms with E-state index in [9.17, 15) is 14.9 Å². The maximum Gasteiger partial charge on any atom is 0.294 e. The molecule has 1 fully saturated rings.